The molecule has 1 unspecified atom stereocenters. The summed E-state index contributed by atoms with van der Waals surface area (Å²) in [5, 5.41) is 0. The van der Waals surface area contributed by atoms with Gasteiger partial charge in [0.15, 0.2) is 6.10 Å². The third-order valence-corrected chi connectivity index (χ3v) is 10.6. The van der Waals surface area contributed by atoms with Gasteiger partial charge >= 0.3 is 11.9 Å². The van der Waals surface area contributed by atoms with Gasteiger partial charge in [-0.15, -0.1) is 0 Å². The molecule has 0 amide bonds. The van der Waals surface area contributed by atoms with Crippen LogP contribution in [0.5, 0.6) is 0 Å². The number of esters is 2. The van der Waals surface area contributed by atoms with Gasteiger partial charge in [-0.25, -0.2) is 0 Å². The van der Waals surface area contributed by atoms with Gasteiger partial charge in [0, 0.05) is 19.4 Å². The van der Waals surface area contributed by atoms with Gasteiger partial charge in [0.1, 0.15) is 6.61 Å². The number of unbranched alkanes of at least 4 members (excludes halogenated alkanes) is 19. The van der Waals surface area contributed by atoms with E-state index < -0.39 is 6.10 Å². The van der Waals surface area contributed by atoms with Gasteiger partial charge in [0.2, 0.25) is 0 Å². The molecule has 0 saturated carbocycles. The van der Waals surface area contributed by atoms with Crippen molar-refractivity contribution in [3.05, 3.63) is 97.2 Å². The molecule has 0 aromatic heterocycles. The van der Waals surface area contributed by atoms with Crippen LogP contribution in [-0.2, 0) is 23.8 Å². The molecule has 0 aromatic carbocycles. The van der Waals surface area contributed by atoms with Crippen LogP contribution in [0, 0.1) is 0 Å². The Labute approximate surface area is 383 Å². The number of hydrogen-bond donors (Lipinski definition) is 0. The van der Waals surface area contributed by atoms with Crippen LogP contribution in [0.1, 0.15) is 226 Å². The van der Waals surface area contributed by atoms with Crippen LogP contribution in [0.25, 0.3) is 0 Å². The summed E-state index contributed by atoms with van der Waals surface area (Å²) in [6.07, 6.45) is 69.8. The first kappa shape index (κ1) is 58.8. The third-order valence-electron chi connectivity index (χ3n) is 10.6. The first-order chi connectivity index (χ1) is 30.6. The van der Waals surface area contributed by atoms with Crippen molar-refractivity contribution in [3.8, 4) is 0 Å². The van der Waals surface area contributed by atoms with Crippen LogP contribution in [0.4, 0.5) is 0 Å². The minimum Gasteiger partial charge on any atom is -0.462 e. The lowest BCUT2D eigenvalue weighted by atomic mass is 10.1. The third kappa shape index (κ3) is 49.5. The fraction of sp³-hybridized carbons (Fsp3) is 0.684. The maximum Gasteiger partial charge on any atom is 0.306 e. The molecule has 0 bridgehead atoms. The molecule has 0 heterocycles. The molecule has 0 rings (SSSR count). The summed E-state index contributed by atoms with van der Waals surface area (Å²) in [7, 11) is 0. The van der Waals surface area contributed by atoms with Crippen molar-refractivity contribution in [1.82, 2.24) is 0 Å². The lowest BCUT2D eigenvalue weighted by molar-refractivity contribution is -0.163. The summed E-state index contributed by atoms with van der Waals surface area (Å²) in [6, 6.07) is 0. The van der Waals surface area contributed by atoms with E-state index in [0.29, 0.717) is 19.4 Å². The van der Waals surface area contributed by atoms with Crippen LogP contribution in [0.15, 0.2) is 97.2 Å². The SMILES string of the molecule is CC/C=C\C/C=C\C/C=C\C/C=C\C/C=C\CCCCCC(=O)OCC(COCCCCCCCCCCCC)OC(=O)CCCCCCCCC/C=C\C/C=C\C/C=C\CC. The molecule has 354 valence electrons. The molecule has 0 spiro atoms. The lowest BCUT2D eigenvalue weighted by Gasteiger charge is -2.18. The minimum atomic E-state index is -0.557. The van der Waals surface area contributed by atoms with Crippen molar-refractivity contribution in [2.24, 2.45) is 0 Å². The molecule has 0 aromatic rings. The minimum absolute atomic E-state index is 0.0607. The van der Waals surface area contributed by atoms with Gasteiger partial charge in [0.05, 0.1) is 6.61 Å². The molecule has 0 aliphatic carbocycles. The van der Waals surface area contributed by atoms with E-state index in [2.05, 4.69) is 118 Å². The van der Waals surface area contributed by atoms with E-state index in [9.17, 15) is 9.59 Å². The highest BCUT2D eigenvalue weighted by Crippen LogP contribution is 2.13. The van der Waals surface area contributed by atoms with E-state index in [0.717, 1.165) is 116 Å². The summed E-state index contributed by atoms with van der Waals surface area (Å²) < 4.78 is 17.3. The Morgan fingerprint density at radius 1 is 0.371 bits per heavy atom. The second-order valence-electron chi connectivity index (χ2n) is 16.7. The van der Waals surface area contributed by atoms with Crippen molar-refractivity contribution >= 4 is 11.9 Å². The predicted molar refractivity (Wildman–Crippen MR) is 270 cm³/mol. The highest BCUT2D eigenvalue weighted by molar-refractivity contribution is 5.70. The molecule has 1 atom stereocenters. The Bertz CT molecular complexity index is 1200. The second kappa shape index (κ2) is 52.2. The van der Waals surface area contributed by atoms with Gasteiger partial charge in [-0.1, -0.05) is 214 Å². The van der Waals surface area contributed by atoms with E-state index >= 15 is 0 Å². The predicted octanol–water partition coefficient (Wildman–Crippen LogP) is 17.5. The standard InChI is InChI=1S/C57H96O5/c1-4-7-10-13-16-19-22-24-26-28-29-31-32-34-36-38-41-44-47-50-56(58)61-54-55(53-60-52-49-46-43-40-21-18-15-12-9-6-3)62-57(59)51-48-45-42-39-37-35-33-30-27-25-23-20-17-14-11-8-5-2/h7-8,10-11,16-17,19-20,24-27,29,31,34,36,55H,4-6,9,12-15,18,21-23,28,30,32-33,35,37-54H2,1-3H3/b10-7-,11-8-,19-16-,20-17-,26-24-,27-25-,31-29-,36-34-. The number of hydrogen-bond acceptors (Lipinski definition) is 5. The van der Waals surface area contributed by atoms with Gasteiger partial charge in [-0.2, -0.15) is 0 Å². The zero-order valence-electron chi connectivity index (χ0n) is 40.6. The van der Waals surface area contributed by atoms with E-state index in [1.54, 1.807) is 0 Å². The van der Waals surface area contributed by atoms with Crippen molar-refractivity contribution in [2.45, 2.75) is 232 Å². The summed E-state index contributed by atoms with van der Waals surface area (Å²) in [5.74, 6) is -0.447. The van der Waals surface area contributed by atoms with E-state index in [4.69, 9.17) is 14.2 Å². The highest BCUT2D eigenvalue weighted by Gasteiger charge is 2.17. The molecule has 62 heavy (non-hydrogen) atoms. The Hall–Kier alpha value is -3.18. The molecule has 0 aliphatic heterocycles. The van der Waals surface area contributed by atoms with E-state index in [-0.39, 0.29) is 25.2 Å². The van der Waals surface area contributed by atoms with Crippen molar-refractivity contribution in [2.75, 3.05) is 19.8 Å². The van der Waals surface area contributed by atoms with Crippen molar-refractivity contribution in [3.63, 3.8) is 0 Å². The zero-order chi connectivity index (χ0) is 44.9. The van der Waals surface area contributed by atoms with Gasteiger partial charge in [0.25, 0.3) is 0 Å². The fourth-order valence-corrected chi connectivity index (χ4v) is 6.84. The number of rotatable bonds is 46. The largest absolute Gasteiger partial charge is 0.462 e. The first-order valence-corrected chi connectivity index (χ1v) is 25.8. The molecular formula is C57H96O5. The maximum absolute atomic E-state index is 12.8. The molecule has 5 nitrogen and oxygen atoms in total. The second-order valence-corrected chi connectivity index (χ2v) is 16.7. The fourth-order valence-electron chi connectivity index (χ4n) is 6.84. The maximum atomic E-state index is 12.8. The van der Waals surface area contributed by atoms with Crippen LogP contribution in [0.2, 0.25) is 0 Å². The topological polar surface area (TPSA) is 61.8 Å². The number of ether oxygens (including phenoxy) is 3. The summed E-state index contributed by atoms with van der Waals surface area (Å²) in [4.78, 5) is 25.4. The summed E-state index contributed by atoms with van der Waals surface area (Å²) in [6.45, 7) is 7.55. The molecule has 0 saturated heterocycles. The number of allylic oxidation sites excluding steroid dienone is 16. The Morgan fingerprint density at radius 3 is 1.18 bits per heavy atom. The average Bonchev–Trinajstić information content (AvgIpc) is 3.27. The number of carbonyl (C=O) groups is 2. The molecular weight excluding hydrogens is 765 g/mol. The Morgan fingerprint density at radius 2 is 0.726 bits per heavy atom. The summed E-state index contributed by atoms with van der Waals surface area (Å²) in [5.41, 5.74) is 0. The Balaban J connectivity index is 4.31. The quantitative estimate of drug-likeness (QED) is 0.0347. The normalized spacial score (nSPS) is 13.0. The van der Waals surface area contributed by atoms with E-state index in [1.165, 1.54) is 77.0 Å². The van der Waals surface area contributed by atoms with Crippen LogP contribution in [-0.4, -0.2) is 37.9 Å². The summed E-state index contributed by atoms with van der Waals surface area (Å²) >= 11 is 0. The van der Waals surface area contributed by atoms with Crippen LogP contribution in [0.3, 0.4) is 0 Å². The zero-order valence-corrected chi connectivity index (χ0v) is 40.6. The lowest BCUT2D eigenvalue weighted by Crippen LogP contribution is -2.30. The Kier molecular flexibility index (Phi) is 49.5. The first-order valence-electron chi connectivity index (χ1n) is 25.8. The molecule has 0 fully saturated rings. The molecule has 5 heteroatoms. The van der Waals surface area contributed by atoms with Gasteiger partial charge in [-0.3, -0.25) is 9.59 Å². The molecule has 0 aliphatic rings. The average molecular weight is 861 g/mol. The van der Waals surface area contributed by atoms with Crippen molar-refractivity contribution in [1.29, 1.82) is 0 Å². The van der Waals surface area contributed by atoms with E-state index in [1.807, 2.05) is 0 Å². The van der Waals surface area contributed by atoms with Crippen LogP contribution < -0.4 is 0 Å². The molecule has 0 N–H and O–H groups in total. The highest BCUT2D eigenvalue weighted by atomic mass is 16.6. The van der Waals surface area contributed by atoms with Crippen LogP contribution >= 0.6 is 0 Å². The monoisotopic (exact) mass is 861 g/mol. The van der Waals surface area contributed by atoms with Crippen molar-refractivity contribution < 1.29 is 23.8 Å². The number of carbonyl (C=O) groups excluding carboxylic acids is 2. The smallest absolute Gasteiger partial charge is 0.306 e. The molecule has 0 radical (unpaired) electrons. The van der Waals surface area contributed by atoms with Gasteiger partial charge < -0.3 is 14.2 Å². The van der Waals surface area contributed by atoms with Gasteiger partial charge in [-0.05, 0) is 96.3 Å².